The number of carboxylic acid groups (broad SMARTS) is 1. The monoisotopic (exact) mass is 148 g/mol. The van der Waals surface area contributed by atoms with Gasteiger partial charge in [-0.1, -0.05) is 6.92 Å². The molecule has 0 bridgehead atoms. The molecule has 0 rings (SSSR count). The van der Waals surface area contributed by atoms with Crippen LogP contribution in [0.5, 0.6) is 0 Å². The van der Waals surface area contributed by atoms with Crippen LogP contribution in [0, 0.1) is 0 Å². The lowest BCUT2D eigenvalue weighted by atomic mass is 10.3. The SMILES string of the molecule is CCCC(=O)[15NH][13CH2][13C](=O)O. The zero-order chi connectivity index (χ0) is 7.98. The van der Waals surface area contributed by atoms with Crippen LogP contribution in [-0.4, -0.2) is 23.5 Å². The maximum atomic E-state index is 10.6. The third-order valence-corrected chi connectivity index (χ3v) is 0.914. The molecular formula is C6H11NO3. The fraction of sp³-hybridized carbons (Fsp3) is 0.667. The Balaban J connectivity index is 3.30. The summed E-state index contributed by atoms with van der Waals surface area (Å²) in [7, 11) is 0. The Morgan fingerprint density at radius 2 is 2.10 bits per heavy atom. The number of carbonyl (C=O) groups is 2. The van der Waals surface area contributed by atoms with Crippen molar-refractivity contribution in [3.8, 4) is 0 Å². The van der Waals surface area contributed by atoms with Gasteiger partial charge < -0.3 is 10.4 Å². The molecule has 0 aromatic heterocycles. The van der Waals surface area contributed by atoms with Gasteiger partial charge in [-0.25, -0.2) is 0 Å². The van der Waals surface area contributed by atoms with Crippen LogP contribution in [0.15, 0.2) is 0 Å². The van der Waals surface area contributed by atoms with Gasteiger partial charge in [0.25, 0.3) is 0 Å². The predicted octanol–water partition coefficient (Wildman–Crippen LogP) is -0.0127. The number of carboxylic acids is 1. The van der Waals surface area contributed by atoms with Crippen molar-refractivity contribution in [3.05, 3.63) is 0 Å². The van der Waals surface area contributed by atoms with Crippen molar-refractivity contribution in [2.75, 3.05) is 6.54 Å². The molecule has 0 fully saturated rings. The maximum Gasteiger partial charge on any atom is 0.322 e. The highest BCUT2D eigenvalue weighted by atomic mass is 16.5. The molecule has 0 saturated carbocycles. The van der Waals surface area contributed by atoms with Crippen molar-refractivity contribution < 1.29 is 14.7 Å². The molecule has 0 heterocycles. The van der Waals surface area contributed by atoms with Gasteiger partial charge in [0.05, 0.1) is 0 Å². The molecule has 2 N–H and O–H groups in total. The number of hydrogen-bond acceptors (Lipinski definition) is 2. The van der Waals surface area contributed by atoms with E-state index in [4.69, 9.17) is 5.11 Å². The average molecular weight is 148 g/mol. The van der Waals surface area contributed by atoms with E-state index in [1.165, 1.54) is 0 Å². The smallest absolute Gasteiger partial charge is 0.322 e. The lowest BCUT2D eigenvalue weighted by Crippen LogP contribution is -2.28. The van der Waals surface area contributed by atoms with E-state index in [1.807, 2.05) is 6.92 Å². The predicted molar refractivity (Wildman–Crippen MR) is 35.6 cm³/mol. The first-order valence-corrected chi connectivity index (χ1v) is 3.15. The third kappa shape index (κ3) is 5.08. The Bertz CT molecular complexity index is 133. The Morgan fingerprint density at radius 1 is 1.50 bits per heavy atom. The van der Waals surface area contributed by atoms with Gasteiger partial charge in [-0.3, -0.25) is 9.59 Å². The summed E-state index contributed by atoms with van der Waals surface area (Å²) in [5.74, 6) is -1.21. The lowest BCUT2D eigenvalue weighted by molar-refractivity contribution is -0.137. The van der Waals surface area contributed by atoms with Crippen molar-refractivity contribution in [1.29, 1.82) is 0 Å². The van der Waals surface area contributed by atoms with Crippen molar-refractivity contribution in [3.63, 3.8) is 0 Å². The summed E-state index contributed by atoms with van der Waals surface area (Å²) in [4.78, 5) is 20.5. The third-order valence-electron chi connectivity index (χ3n) is 0.914. The quantitative estimate of drug-likeness (QED) is 0.435. The lowest BCUT2D eigenvalue weighted by Gasteiger charge is -1.97. The normalized spacial score (nSPS) is 8.90. The first-order chi connectivity index (χ1) is 4.66. The van der Waals surface area contributed by atoms with Crippen LogP contribution in [0.3, 0.4) is 0 Å². The summed E-state index contributed by atoms with van der Waals surface area (Å²) in [5, 5.41) is 10.4. The highest BCUT2D eigenvalue weighted by Crippen LogP contribution is 1.83. The fourth-order valence-corrected chi connectivity index (χ4v) is 0.490. The van der Waals surface area contributed by atoms with Gasteiger partial charge in [-0.2, -0.15) is 0 Å². The minimum Gasteiger partial charge on any atom is -0.480 e. The topological polar surface area (TPSA) is 66.4 Å². The minimum absolute atomic E-state index is 0.204. The molecule has 4 heteroatoms. The number of aliphatic carboxylic acids is 1. The van der Waals surface area contributed by atoms with Crippen LogP contribution in [-0.2, 0) is 9.59 Å². The summed E-state index contributed by atoms with van der Waals surface area (Å²) in [5.41, 5.74) is 0. The van der Waals surface area contributed by atoms with Gasteiger partial charge in [-0.05, 0) is 6.42 Å². The van der Waals surface area contributed by atoms with Gasteiger partial charge >= 0.3 is 5.97 Å². The summed E-state index contributed by atoms with van der Waals surface area (Å²) < 4.78 is 0. The summed E-state index contributed by atoms with van der Waals surface area (Å²) >= 11 is 0. The molecule has 0 spiro atoms. The first kappa shape index (κ1) is 8.94. The number of carbonyl (C=O) groups excluding carboxylic acids is 1. The molecule has 58 valence electrons. The zero-order valence-corrected chi connectivity index (χ0v) is 5.89. The van der Waals surface area contributed by atoms with E-state index >= 15 is 0 Å². The Hall–Kier alpha value is -1.06. The molecule has 10 heavy (non-hydrogen) atoms. The van der Waals surface area contributed by atoms with E-state index in [0.717, 1.165) is 6.42 Å². The summed E-state index contributed by atoms with van der Waals surface area (Å²) in [6.45, 7) is 1.58. The van der Waals surface area contributed by atoms with Crippen LogP contribution in [0.2, 0.25) is 0 Å². The van der Waals surface area contributed by atoms with Crippen LogP contribution in [0.25, 0.3) is 0 Å². The molecule has 0 aliphatic heterocycles. The molecule has 0 aromatic rings. The van der Waals surface area contributed by atoms with Gasteiger partial charge in [0.1, 0.15) is 6.54 Å². The Kier molecular flexibility index (Phi) is 4.28. The fourth-order valence-electron chi connectivity index (χ4n) is 0.490. The largest absolute Gasteiger partial charge is 0.480 e. The van der Waals surface area contributed by atoms with Crippen LogP contribution in [0.4, 0.5) is 0 Å². The highest BCUT2D eigenvalue weighted by molar-refractivity contribution is 5.80. The van der Waals surface area contributed by atoms with Crippen LogP contribution < -0.4 is 5.32 Å². The van der Waals surface area contributed by atoms with Gasteiger partial charge in [0.2, 0.25) is 5.91 Å². The van der Waals surface area contributed by atoms with Crippen molar-refractivity contribution >= 4 is 11.9 Å². The first-order valence-electron chi connectivity index (χ1n) is 3.15. The molecule has 1 amide bonds. The van der Waals surface area contributed by atoms with Crippen molar-refractivity contribution in [2.24, 2.45) is 0 Å². The van der Waals surface area contributed by atoms with E-state index in [9.17, 15) is 9.59 Å². The molecule has 0 atom stereocenters. The molecule has 0 aromatic carbocycles. The van der Waals surface area contributed by atoms with Gasteiger partial charge in [-0.15, -0.1) is 0 Å². The molecule has 0 aliphatic rings. The second kappa shape index (κ2) is 4.78. The molecule has 0 aliphatic carbocycles. The van der Waals surface area contributed by atoms with E-state index in [2.05, 4.69) is 5.32 Å². The number of hydrogen-bond donors (Lipinski definition) is 2. The van der Waals surface area contributed by atoms with Gasteiger partial charge in [0, 0.05) is 6.42 Å². The number of nitrogens with one attached hydrogen (secondary N) is 1. The second-order valence-electron chi connectivity index (χ2n) is 1.92. The maximum absolute atomic E-state index is 10.6. The molecular weight excluding hydrogens is 137 g/mol. The Labute approximate surface area is 59.2 Å². The number of rotatable bonds is 4. The van der Waals surface area contributed by atoms with Crippen molar-refractivity contribution in [2.45, 2.75) is 19.8 Å². The standard InChI is InChI=1S/C6H11NO3/c1-2-3-5(8)7-4-6(9)10/h2-4H2,1H3,(H,7,8)(H,9,10)/i4+1,6+1,7+1. The van der Waals surface area contributed by atoms with Crippen LogP contribution >= 0.6 is 0 Å². The van der Waals surface area contributed by atoms with E-state index < -0.39 is 5.97 Å². The summed E-state index contributed by atoms with van der Waals surface area (Å²) in [6.07, 6.45) is 1.14. The van der Waals surface area contributed by atoms with Crippen LogP contribution in [0.1, 0.15) is 19.8 Å². The summed E-state index contributed by atoms with van der Waals surface area (Å²) in [6, 6.07) is 0. The Morgan fingerprint density at radius 3 is 2.50 bits per heavy atom. The molecule has 4 nitrogen and oxygen atoms in total. The zero-order valence-electron chi connectivity index (χ0n) is 5.89. The van der Waals surface area contributed by atoms with E-state index in [0.29, 0.717) is 6.42 Å². The molecule has 0 saturated heterocycles. The number of amides is 1. The highest BCUT2D eigenvalue weighted by Gasteiger charge is 2.00. The van der Waals surface area contributed by atoms with Gasteiger partial charge in [0.15, 0.2) is 0 Å². The van der Waals surface area contributed by atoms with Crippen molar-refractivity contribution in [1.82, 2.24) is 5.32 Å². The minimum atomic E-state index is -1.01. The van der Waals surface area contributed by atoms with E-state index in [1.54, 1.807) is 0 Å². The van der Waals surface area contributed by atoms with E-state index in [-0.39, 0.29) is 12.5 Å². The molecule has 0 radical (unpaired) electrons. The molecule has 0 unspecified atom stereocenters. The average Bonchev–Trinajstić information content (AvgIpc) is 1.85. The second-order valence-corrected chi connectivity index (χ2v) is 1.92.